The third kappa shape index (κ3) is 7.03. The van der Waals surface area contributed by atoms with E-state index in [1.165, 1.54) is 0 Å². The summed E-state index contributed by atoms with van der Waals surface area (Å²) in [7, 11) is 1.71. The molecule has 9 heteroatoms. The molecule has 0 radical (unpaired) electrons. The van der Waals surface area contributed by atoms with Gasteiger partial charge in [0.2, 0.25) is 5.89 Å². The highest BCUT2D eigenvalue weighted by molar-refractivity contribution is 14.0. The summed E-state index contributed by atoms with van der Waals surface area (Å²) in [5.74, 6) is 1.14. The van der Waals surface area contributed by atoms with E-state index in [0.29, 0.717) is 31.5 Å². The van der Waals surface area contributed by atoms with Crippen molar-refractivity contribution >= 4 is 41.5 Å². The van der Waals surface area contributed by atoms with E-state index >= 15 is 0 Å². The van der Waals surface area contributed by atoms with Crippen molar-refractivity contribution < 1.29 is 13.9 Å². The highest BCUT2D eigenvalue weighted by Crippen LogP contribution is 2.18. The van der Waals surface area contributed by atoms with Gasteiger partial charge >= 0.3 is 0 Å². The number of anilines is 1. The molecule has 4 rings (SSSR count). The topological polar surface area (TPSA) is 101 Å². The number of halogens is 1. The molecule has 0 saturated carbocycles. The zero-order chi connectivity index (χ0) is 22.2. The van der Waals surface area contributed by atoms with Crippen molar-refractivity contribution in [1.82, 2.24) is 15.6 Å². The number of amides is 1. The van der Waals surface area contributed by atoms with Gasteiger partial charge in [-0.15, -0.1) is 24.0 Å². The summed E-state index contributed by atoms with van der Waals surface area (Å²) in [6.07, 6.45) is 2.99. The van der Waals surface area contributed by atoms with Crippen LogP contribution in [0.25, 0.3) is 11.5 Å². The minimum absolute atomic E-state index is 0. The second-order valence-electron chi connectivity index (χ2n) is 7.48. The first-order chi connectivity index (χ1) is 15.7. The van der Waals surface area contributed by atoms with Crippen LogP contribution in [0, 0.1) is 0 Å². The van der Waals surface area contributed by atoms with Crippen LogP contribution in [-0.2, 0) is 22.6 Å². The molecule has 1 aliphatic rings. The first kappa shape index (κ1) is 24.7. The zero-order valence-corrected chi connectivity index (χ0v) is 20.7. The van der Waals surface area contributed by atoms with E-state index < -0.39 is 0 Å². The van der Waals surface area contributed by atoms with E-state index in [9.17, 15) is 4.79 Å². The van der Waals surface area contributed by atoms with Gasteiger partial charge in [0.1, 0.15) is 12.4 Å². The largest absolute Gasteiger partial charge is 0.444 e. The summed E-state index contributed by atoms with van der Waals surface area (Å²) < 4.78 is 11.0. The lowest BCUT2D eigenvalue weighted by Gasteiger charge is -2.13. The van der Waals surface area contributed by atoms with Crippen LogP contribution < -0.4 is 16.0 Å². The van der Waals surface area contributed by atoms with Crippen LogP contribution in [0.2, 0.25) is 0 Å². The van der Waals surface area contributed by atoms with Crippen molar-refractivity contribution in [3.63, 3.8) is 0 Å². The molecule has 1 saturated heterocycles. The molecule has 33 heavy (non-hydrogen) atoms. The average Bonchev–Trinajstić information content (AvgIpc) is 3.53. The number of aliphatic imine (C=N–C) groups is 1. The first-order valence-electron chi connectivity index (χ1n) is 10.7. The number of nitrogens with one attached hydrogen (secondary N) is 3. The van der Waals surface area contributed by atoms with Crippen LogP contribution >= 0.6 is 24.0 Å². The number of nitrogens with zero attached hydrogens (tertiary/aromatic N) is 2. The Bertz CT molecular complexity index is 1060. The van der Waals surface area contributed by atoms with Gasteiger partial charge in [0, 0.05) is 31.5 Å². The number of oxazole rings is 1. The number of hydrogen-bond donors (Lipinski definition) is 3. The zero-order valence-electron chi connectivity index (χ0n) is 18.4. The summed E-state index contributed by atoms with van der Waals surface area (Å²) in [6, 6.07) is 17.5. The van der Waals surface area contributed by atoms with Gasteiger partial charge in [-0.3, -0.25) is 9.79 Å². The second-order valence-corrected chi connectivity index (χ2v) is 7.48. The molecular weight excluding hydrogens is 533 g/mol. The fourth-order valence-electron chi connectivity index (χ4n) is 3.45. The molecule has 1 amide bonds. The lowest BCUT2D eigenvalue weighted by Crippen LogP contribution is -2.36. The van der Waals surface area contributed by atoms with Crippen molar-refractivity contribution in [3.05, 3.63) is 72.1 Å². The molecule has 2 heterocycles. The molecular formula is C24H28IN5O3. The molecule has 2 aromatic carbocycles. The number of carbonyl (C=O) groups excluding carboxylic acids is 1. The summed E-state index contributed by atoms with van der Waals surface area (Å²) in [5.41, 5.74) is 3.49. The number of aromatic nitrogens is 1. The van der Waals surface area contributed by atoms with Gasteiger partial charge in [-0.25, -0.2) is 4.98 Å². The third-order valence-corrected chi connectivity index (χ3v) is 5.11. The maximum absolute atomic E-state index is 12.3. The molecule has 1 fully saturated rings. The molecule has 1 aromatic heterocycles. The quantitative estimate of drug-likeness (QED) is 0.230. The second kappa shape index (κ2) is 12.4. The maximum atomic E-state index is 12.3. The fraction of sp³-hybridized carbons (Fsp3) is 0.292. The number of hydrogen-bond acceptors (Lipinski definition) is 5. The Morgan fingerprint density at radius 3 is 2.70 bits per heavy atom. The Kier molecular flexibility index (Phi) is 9.25. The van der Waals surface area contributed by atoms with Gasteiger partial charge in [0.15, 0.2) is 5.96 Å². The summed E-state index contributed by atoms with van der Waals surface area (Å²) in [6.45, 7) is 1.68. The molecule has 0 bridgehead atoms. The van der Waals surface area contributed by atoms with Crippen LogP contribution in [0.15, 0.2) is 70.3 Å². The highest BCUT2D eigenvalue weighted by atomic mass is 127. The average molecular weight is 561 g/mol. The van der Waals surface area contributed by atoms with Crippen molar-refractivity contribution in [1.29, 1.82) is 0 Å². The standard InChI is InChI=1S/C24H27N5O3.HI/c1-25-24(27-15-20-16-32-23(29-20)18-8-3-2-4-9-18)26-14-17-7-5-10-19(13-17)28-22(30)21-11-6-12-31-21;/h2-5,7-10,13,16,21H,6,11-12,14-15H2,1H3,(H,28,30)(H2,25,26,27);1H. The highest BCUT2D eigenvalue weighted by Gasteiger charge is 2.23. The monoisotopic (exact) mass is 561 g/mol. The fourth-order valence-corrected chi connectivity index (χ4v) is 3.45. The Morgan fingerprint density at radius 2 is 1.94 bits per heavy atom. The third-order valence-electron chi connectivity index (χ3n) is 5.11. The van der Waals surface area contributed by atoms with Crippen molar-refractivity contribution in [3.8, 4) is 11.5 Å². The first-order valence-corrected chi connectivity index (χ1v) is 10.7. The number of rotatable bonds is 7. The molecule has 1 atom stereocenters. The smallest absolute Gasteiger partial charge is 0.253 e. The Balaban J connectivity index is 0.00000306. The van der Waals surface area contributed by atoms with Crippen LogP contribution in [0.5, 0.6) is 0 Å². The Morgan fingerprint density at radius 1 is 1.12 bits per heavy atom. The Hall–Kier alpha value is -2.92. The van der Waals surface area contributed by atoms with Crippen LogP contribution in [0.3, 0.4) is 0 Å². The molecule has 3 N–H and O–H groups in total. The van der Waals surface area contributed by atoms with Gasteiger partial charge in [-0.1, -0.05) is 30.3 Å². The van der Waals surface area contributed by atoms with Crippen LogP contribution in [-0.4, -0.2) is 36.6 Å². The summed E-state index contributed by atoms with van der Waals surface area (Å²) >= 11 is 0. The van der Waals surface area contributed by atoms with Crippen molar-refractivity contribution in [2.75, 3.05) is 19.0 Å². The predicted molar refractivity (Wildman–Crippen MR) is 138 cm³/mol. The minimum Gasteiger partial charge on any atom is -0.444 e. The molecule has 0 aliphatic carbocycles. The predicted octanol–water partition coefficient (Wildman–Crippen LogP) is 3.94. The van der Waals surface area contributed by atoms with E-state index in [4.69, 9.17) is 9.15 Å². The normalized spacial score (nSPS) is 15.5. The SMILES string of the molecule is CN=C(NCc1cccc(NC(=O)C2CCCO2)c1)NCc1coc(-c2ccccc2)n1.I. The van der Waals surface area contributed by atoms with Gasteiger partial charge in [-0.2, -0.15) is 0 Å². The van der Waals surface area contributed by atoms with E-state index in [-0.39, 0.29) is 36.0 Å². The molecule has 0 spiro atoms. The van der Waals surface area contributed by atoms with Gasteiger partial charge in [0.05, 0.1) is 12.2 Å². The molecule has 3 aromatic rings. The van der Waals surface area contributed by atoms with Gasteiger partial charge in [0.25, 0.3) is 5.91 Å². The van der Waals surface area contributed by atoms with Crippen LogP contribution in [0.1, 0.15) is 24.1 Å². The molecule has 8 nitrogen and oxygen atoms in total. The van der Waals surface area contributed by atoms with Crippen molar-refractivity contribution in [2.45, 2.75) is 32.0 Å². The lowest BCUT2D eigenvalue weighted by molar-refractivity contribution is -0.124. The maximum Gasteiger partial charge on any atom is 0.253 e. The summed E-state index contributed by atoms with van der Waals surface area (Å²) in [4.78, 5) is 21.0. The van der Waals surface area contributed by atoms with E-state index in [1.54, 1.807) is 13.3 Å². The van der Waals surface area contributed by atoms with E-state index in [2.05, 4.69) is 25.9 Å². The van der Waals surface area contributed by atoms with E-state index in [1.807, 2.05) is 54.6 Å². The van der Waals surface area contributed by atoms with Gasteiger partial charge < -0.3 is 25.1 Å². The Labute approximate surface area is 210 Å². The summed E-state index contributed by atoms with van der Waals surface area (Å²) in [5, 5.41) is 9.44. The lowest BCUT2D eigenvalue weighted by atomic mass is 10.2. The number of carbonyl (C=O) groups is 1. The van der Waals surface area contributed by atoms with Crippen molar-refractivity contribution in [2.24, 2.45) is 4.99 Å². The number of benzene rings is 2. The van der Waals surface area contributed by atoms with Crippen LogP contribution in [0.4, 0.5) is 5.69 Å². The molecule has 174 valence electrons. The number of guanidine groups is 1. The molecule has 1 unspecified atom stereocenters. The minimum atomic E-state index is -0.348. The molecule has 1 aliphatic heterocycles. The number of ether oxygens (including phenoxy) is 1. The van der Waals surface area contributed by atoms with E-state index in [0.717, 1.165) is 35.3 Å². The van der Waals surface area contributed by atoms with Gasteiger partial charge in [-0.05, 0) is 42.7 Å².